The van der Waals surface area contributed by atoms with Crippen molar-refractivity contribution >= 4 is 5.84 Å². The van der Waals surface area contributed by atoms with E-state index in [1.165, 1.54) is 0 Å². The first-order valence-electron chi connectivity index (χ1n) is 4.43. The fraction of sp³-hybridized carbons (Fsp3) is 0.500. The lowest BCUT2D eigenvalue weighted by Gasteiger charge is -2.14. The van der Waals surface area contributed by atoms with Crippen molar-refractivity contribution in [2.24, 2.45) is 4.99 Å². The Morgan fingerprint density at radius 1 is 1.62 bits per heavy atom. The predicted octanol–water partition coefficient (Wildman–Crippen LogP) is 2.50. The molecule has 0 atom stereocenters. The summed E-state index contributed by atoms with van der Waals surface area (Å²) in [7, 11) is 1.90. The van der Waals surface area contributed by atoms with Gasteiger partial charge in [0.25, 0.3) is 0 Å². The summed E-state index contributed by atoms with van der Waals surface area (Å²) in [6.07, 6.45) is 5.03. The molecule has 1 aliphatic rings. The van der Waals surface area contributed by atoms with Gasteiger partial charge in [-0.05, 0) is 19.4 Å². The Morgan fingerprint density at radius 2 is 2.31 bits per heavy atom. The van der Waals surface area contributed by atoms with Gasteiger partial charge in [-0.3, -0.25) is 0 Å². The molecule has 0 aromatic rings. The average molecular weight is 182 g/mol. The van der Waals surface area contributed by atoms with Gasteiger partial charge in [0.2, 0.25) is 0 Å². The molecule has 0 aromatic heterocycles. The van der Waals surface area contributed by atoms with Crippen LogP contribution in [0.4, 0.5) is 4.39 Å². The van der Waals surface area contributed by atoms with Crippen molar-refractivity contribution in [1.29, 1.82) is 0 Å². The highest BCUT2D eigenvalue weighted by atomic mass is 19.1. The Kier molecular flexibility index (Phi) is 3.23. The van der Waals surface area contributed by atoms with Crippen LogP contribution in [0, 0.1) is 0 Å². The lowest BCUT2D eigenvalue weighted by molar-refractivity contribution is 0.505. The summed E-state index contributed by atoms with van der Waals surface area (Å²) in [6.45, 7) is 3.40. The van der Waals surface area contributed by atoms with Crippen LogP contribution >= 0.6 is 0 Å². The summed E-state index contributed by atoms with van der Waals surface area (Å²) in [5.74, 6) is 0.738. The number of aliphatic imine (C=N–C) groups is 1. The van der Waals surface area contributed by atoms with Gasteiger partial charge in [-0.25, -0.2) is 9.38 Å². The first kappa shape index (κ1) is 9.96. The molecule has 0 amide bonds. The number of rotatable bonds is 2. The standard InChI is InChI=1S/C10H15FN2/c1-4-5-9-6-8(2)13(3)10(9)12-7-11/h5-6H,4,7H2,1-3H3/b9-5-,12-10?. The smallest absolute Gasteiger partial charge is 0.181 e. The van der Waals surface area contributed by atoms with Crippen LogP contribution in [-0.4, -0.2) is 24.6 Å². The molecule has 0 radical (unpaired) electrons. The van der Waals surface area contributed by atoms with Crippen LogP contribution in [0.5, 0.6) is 0 Å². The summed E-state index contributed by atoms with van der Waals surface area (Å²) < 4.78 is 12.1. The fourth-order valence-electron chi connectivity index (χ4n) is 1.37. The molecule has 0 aliphatic carbocycles. The van der Waals surface area contributed by atoms with E-state index in [9.17, 15) is 4.39 Å². The average Bonchev–Trinajstić information content (AvgIpc) is 2.34. The second-order valence-electron chi connectivity index (χ2n) is 3.01. The second kappa shape index (κ2) is 4.21. The third-order valence-corrected chi connectivity index (χ3v) is 2.10. The van der Waals surface area contributed by atoms with Gasteiger partial charge < -0.3 is 4.90 Å². The molecule has 3 heteroatoms. The van der Waals surface area contributed by atoms with Crippen molar-refractivity contribution in [3.05, 3.63) is 23.4 Å². The number of halogens is 1. The summed E-state index contributed by atoms with van der Waals surface area (Å²) in [4.78, 5) is 5.71. The Bertz CT molecular complexity index is 277. The van der Waals surface area contributed by atoms with Gasteiger partial charge in [0, 0.05) is 18.3 Å². The van der Waals surface area contributed by atoms with Gasteiger partial charge in [0.15, 0.2) is 6.80 Å². The second-order valence-corrected chi connectivity index (χ2v) is 3.01. The molecule has 0 N–H and O–H groups in total. The van der Waals surface area contributed by atoms with Gasteiger partial charge in [0.05, 0.1) is 0 Å². The van der Waals surface area contributed by atoms with E-state index in [-0.39, 0.29) is 0 Å². The maximum absolute atomic E-state index is 12.1. The highest BCUT2D eigenvalue weighted by Crippen LogP contribution is 2.20. The van der Waals surface area contributed by atoms with E-state index in [0.717, 1.165) is 23.5 Å². The van der Waals surface area contributed by atoms with Crippen LogP contribution in [0.1, 0.15) is 20.3 Å². The van der Waals surface area contributed by atoms with E-state index in [2.05, 4.69) is 18.0 Å². The highest BCUT2D eigenvalue weighted by Gasteiger charge is 2.18. The first-order chi connectivity index (χ1) is 6.20. The molecule has 13 heavy (non-hydrogen) atoms. The Hall–Kier alpha value is -1.12. The zero-order valence-electron chi connectivity index (χ0n) is 8.34. The van der Waals surface area contributed by atoms with Crippen LogP contribution in [0.2, 0.25) is 0 Å². The normalized spacial score (nSPS) is 23.1. The Labute approximate surface area is 78.5 Å². The minimum atomic E-state index is -0.651. The number of nitrogens with zero attached hydrogens (tertiary/aromatic N) is 2. The minimum Gasteiger partial charge on any atom is -0.333 e. The molecule has 0 unspecified atom stereocenters. The first-order valence-corrected chi connectivity index (χ1v) is 4.43. The molecule has 0 fully saturated rings. The van der Waals surface area contributed by atoms with E-state index in [1.807, 2.05) is 24.9 Å². The maximum Gasteiger partial charge on any atom is 0.181 e. The number of amidine groups is 1. The van der Waals surface area contributed by atoms with E-state index in [1.54, 1.807) is 0 Å². The van der Waals surface area contributed by atoms with Crippen LogP contribution in [-0.2, 0) is 0 Å². The minimum absolute atomic E-state index is 0.651. The van der Waals surface area contributed by atoms with Gasteiger partial charge in [-0.15, -0.1) is 0 Å². The van der Waals surface area contributed by atoms with E-state index in [4.69, 9.17) is 0 Å². The number of allylic oxidation sites excluding steroid dienone is 2. The zero-order valence-corrected chi connectivity index (χ0v) is 8.34. The summed E-state index contributed by atoms with van der Waals surface area (Å²) in [5.41, 5.74) is 2.13. The van der Waals surface area contributed by atoms with Gasteiger partial charge in [-0.1, -0.05) is 13.0 Å². The van der Waals surface area contributed by atoms with Gasteiger partial charge >= 0.3 is 0 Å². The van der Waals surface area contributed by atoms with Crippen LogP contribution < -0.4 is 0 Å². The number of hydrogen-bond donors (Lipinski definition) is 0. The van der Waals surface area contributed by atoms with E-state index < -0.39 is 6.80 Å². The van der Waals surface area contributed by atoms with Crippen molar-refractivity contribution < 1.29 is 4.39 Å². The molecule has 2 nitrogen and oxygen atoms in total. The number of hydrogen-bond acceptors (Lipinski definition) is 1. The SMILES string of the molecule is CC/C=C1/C=C(C)N(C)C1=NCF. The van der Waals surface area contributed by atoms with Crippen molar-refractivity contribution in [3.63, 3.8) is 0 Å². The van der Waals surface area contributed by atoms with Gasteiger partial charge in [-0.2, -0.15) is 0 Å². The van der Waals surface area contributed by atoms with Gasteiger partial charge in [0.1, 0.15) is 5.84 Å². The number of alkyl halides is 1. The number of likely N-dealkylation sites (N-methyl/N-ethyl adjacent to an activating group) is 1. The van der Waals surface area contributed by atoms with E-state index in [0.29, 0.717) is 0 Å². The van der Waals surface area contributed by atoms with Crippen LogP contribution in [0.15, 0.2) is 28.4 Å². The molecule has 1 aliphatic heterocycles. The highest BCUT2D eigenvalue weighted by molar-refractivity contribution is 6.04. The molecule has 0 spiro atoms. The lowest BCUT2D eigenvalue weighted by atomic mass is 10.2. The van der Waals surface area contributed by atoms with Crippen LogP contribution in [0.25, 0.3) is 0 Å². The maximum atomic E-state index is 12.1. The zero-order chi connectivity index (χ0) is 9.84. The quantitative estimate of drug-likeness (QED) is 0.599. The Balaban J connectivity index is 2.96. The molecular weight excluding hydrogens is 167 g/mol. The van der Waals surface area contributed by atoms with Crippen molar-refractivity contribution in [2.75, 3.05) is 13.8 Å². The summed E-state index contributed by atoms with van der Waals surface area (Å²) in [5, 5.41) is 0. The monoisotopic (exact) mass is 182 g/mol. The summed E-state index contributed by atoms with van der Waals surface area (Å²) >= 11 is 0. The Morgan fingerprint density at radius 3 is 2.85 bits per heavy atom. The molecule has 0 saturated carbocycles. The molecule has 1 rings (SSSR count). The van der Waals surface area contributed by atoms with Crippen molar-refractivity contribution in [2.45, 2.75) is 20.3 Å². The fourth-order valence-corrected chi connectivity index (χ4v) is 1.37. The molecule has 1 heterocycles. The topological polar surface area (TPSA) is 15.6 Å². The van der Waals surface area contributed by atoms with Crippen LogP contribution in [0.3, 0.4) is 0 Å². The molecule has 72 valence electrons. The predicted molar refractivity (Wildman–Crippen MR) is 53.3 cm³/mol. The molecule has 0 bridgehead atoms. The van der Waals surface area contributed by atoms with Crippen molar-refractivity contribution in [1.82, 2.24) is 4.90 Å². The molecule has 0 saturated heterocycles. The summed E-state index contributed by atoms with van der Waals surface area (Å²) in [6, 6.07) is 0. The van der Waals surface area contributed by atoms with Crippen molar-refractivity contribution in [3.8, 4) is 0 Å². The molecule has 0 aromatic carbocycles. The third kappa shape index (κ3) is 1.97. The van der Waals surface area contributed by atoms with E-state index >= 15 is 0 Å². The molecular formula is C10H15FN2. The largest absolute Gasteiger partial charge is 0.333 e. The third-order valence-electron chi connectivity index (χ3n) is 2.10. The lowest BCUT2D eigenvalue weighted by Crippen LogP contribution is -2.20.